The molecule has 10 nitrogen and oxygen atoms in total. The summed E-state index contributed by atoms with van der Waals surface area (Å²) in [4.78, 5) is 55.5. The van der Waals surface area contributed by atoms with Gasteiger partial charge in [-0.2, -0.15) is 14.3 Å². The number of allylic oxidation sites excluding steroid dienone is 1. The van der Waals surface area contributed by atoms with Gasteiger partial charge in [-0.1, -0.05) is 32.4 Å². The Kier molecular flexibility index (Phi) is 10.0. The Morgan fingerprint density at radius 3 is 2.36 bits per heavy atom. The fraction of sp³-hybridized carbons (Fsp3) is 0.483. The number of benzene rings is 1. The van der Waals surface area contributed by atoms with Gasteiger partial charge >= 0.3 is 11.9 Å². The highest BCUT2D eigenvalue weighted by molar-refractivity contribution is 6.17. The summed E-state index contributed by atoms with van der Waals surface area (Å²) in [5, 5.41) is 2.87. The average molecular weight is 540 g/mol. The number of ether oxygens (including phenoxy) is 2. The summed E-state index contributed by atoms with van der Waals surface area (Å²) in [6.07, 6.45) is 5.83. The maximum absolute atomic E-state index is 13.6. The van der Waals surface area contributed by atoms with Gasteiger partial charge in [0.15, 0.2) is 18.1 Å². The van der Waals surface area contributed by atoms with Crippen molar-refractivity contribution in [1.82, 2.24) is 15.1 Å². The van der Waals surface area contributed by atoms with Crippen LogP contribution in [0.4, 0.5) is 4.79 Å². The zero-order valence-corrected chi connectivity index (χ0v) is 23.7. The van der Waals surface area contributed by atoms with Crippen LogP contribution in [-0.2, 0) is 25.6 Å². The molecule has 5 amide bonds. The highest BCUT2D eigenvalue weighted by atomic mass is 16.5. The third-order valence-corrected chi connectivity index (χ3v) is 6.96. The minimum Gasteiger partial charge on any atom is -0.493 e. The van der Waals surface area contributed by atoms with E-state index in [0.29, 0.717) is 34.9 Å². The quantitative estimate of drug-likeness (QED) is 0.409. The molecular weight excluding hydrogens is 500 g/mol. The number of hydrogen-bond acceptors (Lipinski definition) is 6. The summed E-state index contributed by atoms with van der Waals surface area (Å²) in [6, 6.07) is 6.21. The smallest absolute Gasteiger partial charge is 0.493 e. The number of fused-ring (bicyclic) bond motifs is 1. The maximum atomic E-state index is 13.6. The second-order valence-electron chi connectivity index (χ2n) is 9.80. The van der Waals surface area contributed by atoms with Crippen LogP contribution in [-0.4, -0.2) is 84.2 Å². The van der Waals surface area contributed by atoms with Gasteiger partial charge in [0.25, 0.3) is 11.8 Å². The summed E-state index contributed by atoms with van der Waals surface area (Å²) in [5.74, 6) is -0.961. The van der Waals surface area contributed by atoms with Crippen molar-refractivity contribution in [3.05, 3.63) is 59.1 Å². The summed E-state index contributed by atoms with van der Waals surface area (Å²) in [7, 11) is 4.71. The van der Waals surface area contributed by atoms with E-state index in [2.05, 4.69) is 12.2 Å². The molecule has 0 saturated carbocycles. The number of carbonyl (C=O) groups excluding carboxylic acids is 4. The van der Waals surface area contributed by atoms with Gasteiger partial charge in [-0.3, -0.25) is 9.59 Å². The normalized spacial score (nSPS) is 17.7. The van der Waals surface area contributed by atoms with E-state index < -0.39 is 17.9 Å². The molecule has 0 bridgehead atoms. The number of nitrogens with zero attached hydrogens (tertiary/aromatic N) is 3. The van der Waals surface area contributed by atoms with E-state index in [1.54, 1.807) is 48.4 Å². The third kappa shape index (κ3) is 6.74. The third-order valence-electron chi connectivity index (χ3n) is 6.96. The standard InChI is InChI=1S/C29H38N4O6/c1-7-9-14-31(4)27(35)21-12-10-20(11-13-21)17-33-28(36)22-15-24(38-5)25(39-6)16-23(22)32(29(33)37)18-26(34)30-19(3)8-2/h10-13,15-16,19,22H,7-9,14,17-18H2,1-6H3/p+1. The number of unbranched alkanes of at least 4 members (excludes halogenated alkanes) is 1. The molecule has 10 heteroatoms. The van der Waals surface area contributed by atoms with E-state index in [1.165, 1.54) is 18.8 Å². The molecule has 1 aromatic carbocycles. The number of methoxy groups -OCH3 is 2. The van der Waals surface area contributed by atoms with Gasteiger partial charge in [0.1, 0.15) is 18.2 Å². The molecule has 2 atom stereocenters. The Morgan fingerprint density at radius 1 is 1.10 bits per heavy atom. The Hall–Kier alpha value is -3.95. The molecule has 39 heavy (non-hydrogen) atoms. The van der Waals surface area contributed by atoms with Crippen LogP contribution < -0.4 is 5.32 Å². The SMILES string of the molecule is CCCCN(C)C(=O)c1ccc(CN2C(=O)C3C=C(OC)C(OC)=CC3=[N+](CC(=O)NC(C)CC)C2=O)cc1. The van der Waals surface area contributed by atoms with Crippen molar-refractivity contribution in [2.45, 2.75) is 52.6 Å². The Morgan fingerprint density at radius 2 is 1.77 bits per heavy atom. The molecule has 2 aliphatic rings. The first-order chi connectivity index (χ1) is 18.6. The predicted molar refractivity (Wildman–Crippen MR) is 146 cm³/mol. The number of urea groups is 1. The van der Waals surface area contributed by atoms with Crippen molar-refractivity contribution in [3.63, 3.8) is 0 Å². The number of amides is 5. The Labute approximate surface area is 229 Å². The van der Waals surface area contributed by atoms with Crippen LogP contribution in [0, 0.1) is 5.92 Å². The molecule has 0 aromatic heterocycles. The van der Waals surface area contributed by atoms with Gasteiger partial charge in [0.2, 0.25) is 0 Å². The van der Waals surface area contributed by atoms with Crippen molar-refractivity contribution in [2.24, 2.45) is 5.92 Å². The largest absolute Gasteiger partial charge is 0.501 e. The first kappa shape index (κ1) is 29.6. The molecular formula is C29H39N4O6+. The van der Waals surface area contributed by atoms with E-state index in [4.69, 9.17) is 9.47 Å². The van der Waals surface area contributed by atoms with Gasteiger partial charge in [0, 0.05) is 31.3 Å². The molecule has 210 valence electrons. The zero-order valence-electron chi connectivity index (χ0n) is 23.7. The van der Waals surface area contributed by atoms with Crippen LogP contribution >= 0.6 is 0 Å². The Balaban J connectivity index is 1.91. The zero-order chi connectivity index (χ0) is 28.7. The molecule has 1 N–H and O–H groups in total. The summed E-state index contributed by atoms with van der Waals surface area (Å²) in [6.45, 7) is 6.32. The number of rotatable bonds is 12. The van der Waals surface area contributed by atoms with Crippen LogP contribution in [0.1, 0.15) is 56.0 Å². The number of nitrogens with one attached hydrogen (secondary N) is 1. The van der Waals surface area contributed by atoms with Crippen molar-refractivity contribution in [2.75, 3.05) is 34.4 Å². The molecule has 1 aromatic rings. The molecule has 2 unspecified atom stereocenters. The minimum atomic E-state index is -0.832. The molecule has 1 heterocycles. The second kappa shape index (κ2) is 13.2. The van der Waals surface area contributed by atoms with Gasteiger partial charge in [-0.25, -0.2) is 4.79 Å². The first-order valence-electron chi connectivity index (χ1n) is 13.3. The van der Waals surface area contributed by atoms with Gasteiger partial charge in [0.05, 0.1) is 14.2 Å². The Bertz CT molecular complexity index is 1200. The number of carbonyl (C=O) groups is 4. The average Bonchev–Trinajstić information content (AvgIpc) is 2.95. The number of imide groups is 1. The lowest BCUT2D eigenvalue weighted by Gasteiger charge is -2.28. The van der Waals surface area contributed by atoms with E-state index in [0.717, 1.165) is 24.2 Å². The molecule has 0 spiro atoms. The van der Waals surface area contributed by atoms with E-state index in [9.17, 15) is 19.2 Å². The second-order valence-corrected chi connectivity index (χ2v) is 9.80. The lowest BCUT2D eigenvalue weighted by atomic mass is 9.92. The number of hydrogen-bond donors (Lipinski definition) is 1. The highest BCUT2D eigenvalue weighted by Gasteiger charge is 2.49. The molecule has 1 aliphatic heterocycles. The van der Waals surface area contributed by atoms with Crippen molar-refractivity contribution < 1.29 is 33.2 Å². The van der Waals surface area contributed by atoms with Gasteiger partial charge in [-0.05, 0) is 43.5 Å². The van der Waals surface area contributed by atoms with Gasteiger partial charge in [-0.15, -0.1) is 0 Å². The fourth-order valence-corrected chi connectivity index (χ4v) is 4.43. The lowest BCUT2D eigenvalue weighted by Crippen LogP contribution is -2.56. The van der Waals surface area contributed by atoms with E-state index in [1.807, 2.05) is 13.8 Å². The minimum absolute atomic E-state index is 0.0118. The highest BCUT2D eigenvalue weighted by Crippen LogP contribution is 2.28. The topological polar surface area (TPSA) is 108 Å². The monoisotopic (exact) mass is 539 g/mol. The molecule has 3 rings (SSSR count). The predicted octanol–water partition coefficient (Wildman–Crippen LogP) is 3.08. The van der Waals surface area contributed by atoms with Gasteiger partial charge < -0.3 is 19.7 Å². The lowest BCUT2D eigenvalue weighted by molar-refractivity contribution is -0.429. The first-order valence-corrected chi connectivity index (χ1v) is 13.3. The summed E-state index contributed by atoms with van der Waals surface area (Å²) in [5.41, 5.74) is 1.57. The molecule has 0 fully saturated rings. The van der Waals surface area contributed by atoms with Crippen LogP contribution in [0.25, 0.3) is 0 Å². The fourth-order valence-electron chi connectivity index (χ4n) is 4.43. The van der Waals surface area contributed by atoms with Crippen LogP contribution in [0.5, 0.6) is 0 Å². The van der Waals surface area contributed by atoms with Crippen LogP contribution in [0.2, 0.25) is 0 Å². The maximum Gasteiger partial charge on any atom is 0.501 e. The van der Waals surface area contributed by atoms with E-state index in [-0.39, 0.29) is 30.9 Å². The molecule has 0 saturated heterocycles. The van der Waals surface area contributed by atoms with E-state index >= 15 is 0 Å². The molecule has 0 radical (unpaired) electrons. The van der Waals surface area contributed by atoms with Crippen molar-refractivity contribution in [1.29, 1.82) is 0 Å². The van der Waals surface area contributed by atoms with Crippen molar-refractivity contribution in [3.8, 4) is 0 Å². The summed E-state index contributed by atoms with van der Waals surface area (Å²) >= 11 is 0. The van der Waals surface area contributed by atoms with Crippen LogP contribution in [0.3, 0.4) is 0 Å². The van der Waals surface area contributed by atoms with Crippen molar-refractivity contribution >= 4 is 29.5 Å². The summed E-state index contributed by atoms with van der Waals surface area (Å²) < 4.78 is 12.1. The van der Waals surface area contributed by atoms with Crippen LogP contribution in [0.15, 0.2) is 47.9 Å². The molecule has 1 aliphatic carbocycles.